The largest absolute Gasteiger partial charge is 0.506 e. The van der Waals surface area contributed by atoms with Crippen LogP contribution in [0.5, 0.6) is 5.75 Å². The highest BCUT2D eigenvalue weighted by molar-refractivity contribution is 6.07. The minimum atomic E-state index is -1.26. The van der Waals surface area contributed by atoms with Crippen LogP contribution in [0, 0.1) is 0 Å². The lowest BCUT2D eigenvalue weighted by Gasteiger charge is -2.06. The standard InChI is InChI=1S/C12H8O4/c13-6-7-5-10(12(15)16)11(14)9-4-2-1-3-8(7)9/h1-6,14H,(H,15,16). The third kappa shape index (κ3) is 1.40. The van der Waals surface area contributed by atoms with Crippen LogP contribution in [-0.4, -0.2) is 22.5 Å². The number of hydrogen-bond acceptors (Lipinski definition) is 3. The van der Waals surface area contributed by atoms with Crippen molar-refractivity contribution < 1.29 is 19.8 Å². The predicted molar refractivity (Wildman–Crippen MR) is 58.0 cm³/mol. The number of rotatable bonds is 2. The molecule has 0 radical (unpaired) electrons. The molecule has 4 nitrogen and oxygen atoms in total. The quantitative estimate of drug-likeness (QED) is 0.753. The number of fused-ring (bicyclic) bond motifs is 1. The molecule has 0 unspecified atom stereocenters. The highest BCUT2D eigenvalue weighted by Gasteiger charge is 2.15. The molecule has 0 heterocycles. The van der Waals surface area contributed by atoms with Crippen LogP contribution in [0.3, 0.4) is 0 Å². The summed E-state index contributed by atoms with van der Waals surface area (Å²) in [7, 11) is 0. The molecule has 2 aromatic rings. The molecule has 2 rings (SSSR count). The predicted octanol–water partition coefficient (Wildman–Crippen LogP) is 2.06. The van der Waals surface area contributed by atoms with Gasteiger partial charge in [-0.1, -0.05) is 24.3 Å². The molecule has 0 fully saturated rings. The molecule has 16 heavy (non-hydrogen) atoms. The number of carbonyl (C=O) groups is 2. The summed E-state index contributed by atoms with van der Waals surface area (Å²) in [5, 5.41) is 19.5. The Hall–Kier alpha value is -2.36. The fraction of sp³-hybridized carbons (Fsp3) is 0. The fourth-order valence-electron chi connectivity index (χ4n) is 1.65. The molecule has 0 aliphatic carbocycles. The summed E-state index contributed by atoms with van der Waals surface area (Å²) in [5.41, 5.74) is -0.00778. The average Bonchev–Trinajstić information content (AvgIpc) is 2.29. The number of carboxylic acids is 1. The molecule has 0 aliphatic heterocycles. The second-order valence-electron chi connectivity index (χ2n) is 3.33. The molecular weight excluding hydrogens is 208 g/mol. The van der Waals surface area contributed by atoms with Crippen molar-refractivity contribution in [2.45, 2.75) is 0 Å². The molecule has 0 amide bonds. The molecule has 80 valence electrons. The van der Waals surface area contributed by atoms with E-state index < -0.39 is 5.97 Å². The first-order valence-electron chi connectivity index (χ1n) is 4.58. The first-order chi connectivity index (χ1) is 7.65. The van der Waals surface area contributed by atoms with Crippen molar-refractivity contribution in [2.24, 2.45) is 0 Å². The van der Waals surface area contributed by atoms with Crippen LogP contribution < -0.4 is 0 Å². The number of phenols is 1. The van der Waals surface area contributed by atoms with E-state index >= 15 is 0 Å². The lowest BCUT2D eigenvalue weighted by atomic mass is 10.0. The van der Waals surface area contributed by atoms with Gasteiger partial charge in [-0.05, 0) is 11.5 Å². The number of aromatic carboxylic acids is 1. The Kier molecular flexibility index (Phi) is 2.32. The number of hydrogen-bond donors (Lipinski definition) is 2. The van der Waals surface area contributed by atoms with Crippen LogP contribution >= 0.6 is 0 Å². The third-order valence-electron chi connectivity index (χ3n) is 2.41. The highest BCUT2D eigenvalue weighted by atomic mass is 16.4. The molecule has 0 aliphatic rings. The lowest BCUT2D eigenvalue weighted by Crippen LogP contribution is -1.99. The molecule has 0 spiro atoms. The number of aldehydes is 1. The minimum Gasteiger partial charge on any atom is -0.506 e. The SMILES string of the molecule is O=Cc1cc(C(=O)O)c(O)c2ccccc12. The first-order valence-corrected chi connectivity index (χ1v) is 4.58. The van der Waals surface area contributed by atoms with Gasteiger partial charge in [0.25, 0.3) is 0 Å². The van der Waals surface area contributed by atoms with Gasteiger partial charge in [-0.2, -0.15) is 0 Å². The van der Waals surface area contributed by atoms with E-state index in [-0.39, 0.29) is 16.9 Å². The summed E-state index contributed by atoms with van der Waals surface area (Å²) in [4.78, 5) is 21.7. The van der Waals surface area contributed by atoms with Gasteiger partial charge in [0, 0.05) is 10.9 Å². The summed E-state index contributed by atoms with van der Waals surface area (Å²) in [6.45, 7) is 0. The van der Waals surface area contributed by atoms with Gasteiger partial charge in [-0.15, -0.1) is 0 Å². The van der Waals surface area contributed by atoms with E-state index in [1.54, 1.807) is 24.3 Å². The smallest absolute Gasteiger partial charge is 0.339 e. The summed E-state index contributed by atoms with van der Waals surface area (Å²) in [6, 6.07) is 7.79. The summed E-state index contributed by atoms with van der Waals surface area (Å²) < 4.78 is 0. The summed E-state index contributed by atoms with van der Waals surface area (Å²) >= 11 is 0. The van der Waals surface area contributed by atoms with Crippen LogP contribution in [0.15, 0.2) is 30.3 Å². The zero-order chi connectivity index (χ0) is 11.7. The van der Waals surface area contributed by atoms with E-state index in [2.05, 4.69) is 0 Å². The summed E-state index contributed by atoms with van der Waals surface area (Å²) in [6.07, 6.45) is 0.578. The van der Waals surface area contributed by atoms with Crippen molar-refractivity contribution >= 4 is 23.0 Å². The van der Waals surface area contributed by atoms with Gasteiger partial charge in [-0.3, -0.25) is 4.79 Å². The molecule has 2 N–H and O–H groups in total. The van der Waals surface area contributed by atoms with E-state index in [1.807, 2.05) is 0 Å². The summed E-state index contributed by atoms with van der Waals surface area (Å²) in [5.74, 6) is -1.57. The van der Waals surface area contributed by atoms with E-state index in [0.717, 1.165) is 0 Å². The lowest BCUT2D eigenvalue weighted by molar-refractivity contribution is 0.0694. The van der Waals surface area contributed by atoms with E-state index in [9.17, 15) is 14.7 Å². The Bertz CT molecular complexity index is 587. The normalized spacial score (nSPS) is 10.2. The number of carbonyl (C=O) groups excluding carboxylic acids is 1. The van der Waals surface area contributed by atoms with E-state index in [4.69, 9.17) is 5.11 Å². The van der Waals surface area contributed by atoms with Crippen LogP contribution in [0.25, 0.3) is 10.8 Å². The maximum Gasteiger partial charge on any atom is 0.339 e. The Morgan fingerprint density at radius 3 is 2.38 bits per heavy atom. The Labute approximate surface area is 90.8 Å². The van der Waals surface area contributed by atoms with Crippen molar-refractivity contribution in [3.05, 3.63) is 41.5 Å². The topological polar surface area (TPSA) is 74.6 Å². The Balaban J connectivity index is 2.93. The molecule has 0 saturated heterocycles. The van der Waals surface area contributed by atoms with Gasteiger partial charge in [0.1, 0.15) is 11.3 Å². The van der Waals surface area contributed by atoms with Crippen molar-refractivity contribution in [1.82, 2.24) is 0 Å². The van der Waals surface area contributed by atoms with Crippen LogP contribution in [0.1, 0.15) is 20.7 Å². The van der Waals surface area contributed by atoms with Gasteiger partial charge < -0.3 is 10.2 Å². The molecular formula is C12H8O4. The van der Waals surface area contributed by atoms with Crippen molar-refractivity contribution in [2.75, 3.05) is 0 Å². The zero-order valence-corrected chi connectivity index (χ0v) is 8.18. The van der Waals surface area contributed by atoms with E-state index in [0.29, 0.717) is 17.1 Å². The maximum atomic E-state index is 10.9. The maximum absolute atomic E-state index is 10.9. The van der Waals surface area contributed by atoms with Gasteiger partial charge in [-0.25, -0.2) is 4.79 Å². The monoisotopic (exact) mass is 216 g/mol. The molecule has 4 heteroatoms. The van der Waals surface area contributed by atoms with Crippen LogP contribution in [0.2, 0.25) is 0 Å². The first kappa shape index (κ1) is 10.2. The number of carboxylic acid groups (broad SMARTS) is 1. The zero-order valence-electron chi connectivity index (χ0n) is 8.18. The molecule has 0 bridgehead atoms. The Morgan fingerprint density at radius 1 is 1.19 bits per heavy atom. The average molecular weight is 216 g/mol. The number of benzene rings is 2. The number of aromatic hydroxyl groups is 1. The fourth-order valence-corrected chi connectivity index (χ4v) is 1.65. The van der Waals surface area contributed by atoms with Crippen LogP contribution in [-0.2, 0) is 0 Å². The Morgan fingerprint density at radius 2 is 1.81 bits per heavy atom. The van der Waals surface area contributed by atoms with Gasteiger partial charge in [0.2, 0.25) is 0 Å². The van der Waals surface area contributed by atoms with Gasteiger partial charge in [0.15, 0.2) is 6.29 Å². The highest BCUT2D eigenvalue weighted by Crippen LogP contribution is 2.30. The van der Waals surface area contributed by atoms with Crippen molar-refractivity contribution in [1.29, 1.82) is 0 Å². The minimum absolute atomic E-state index is 0.255. The van der Waals surface area contributed by atoms with Crippen molar-refractivity contribution in [3.63, 3.8) is 0 Å². The molecule has 0 saturated carbocycles. The molecule has 2 aromatic carbocycles. The molecule has 0 atom stereocenters. The molecule has 0 aromatic heterocycles. The van der Waals surface area contributed by atoms with Crippen molar-refractivity contribution in [3.8, 4) is 5.75 Å². The van der Waals surface area contributed by atoms with E-state index in [1.165, 1.54) is 6.07 Å². The second-order valence-corrected chi connectivity index (χ2v) is 3.33. The third-order valence-corrected chi connectivity index (χ3v) is 2.41. The van der Waals surface area contributed by atoms with Crippen LogP contribution in [0.4, 0.5) is 0 Å². The van der Waals surface area contributed by atoms with Gasteiger partial charge in [0.05, 0.1) is 0 Å². The second kappa shape index (κ2) is 3.66. The van der Waals surface area contributed by atoms with Gasteiger partial charge >= 0.3 is 5.97 Å².